The Kier molecular flexibility index (Phi) is 6.21. The summed E-state index contributed by atoms with van der Waals surface area (Å²) >= 11 is 0. The van der Waals surface area contributed by atoms with Gasteiger partial charge in [0.2, 0.25) is 15.9 Å². The van der Waals surface area contributed by atoms with Crippen molar-refractivity contribution in [1.29, 1.82) is 0 Å². The van der Waals surface area contributed by atoms with Crippen LogP contribution >= 0.6 is 0 Å². The fourth-order valence-corrected chi connectivity index (χ4v) is 5.47. The van der Waals surface area contributed by atoms with Crippen molar-refractivity contribution in [1.82, 2.24) is 14.7 Å². The molecule has 1 aliphatic carbocycles. The Morgan fingerprint density at radius 2 is 1.68 bits per heavy atom. The van der Waals surface area contributed by atoms with E-state index in [9.17, 15) is 23.1 Å². The van der Waals surface area contributed by atoms with Crippen molar-refractivity contribution >= 4 is 21.8 Å². The molecule has 3 N–H and O–H groups in total. The van der Waals surface area contributed by atoms with E-state index < -0.39 is 22.0 Å². The van der Waals surface area contributed by atoms with Gasteiger partial charge in [0.15, 0.2) is 0 Å². The van der Waals surface area contributed by atoms with Gasteiger partial charge in [-0.2, -0.15) is 4.31 Å². The van der Waals surface area contributed by atoms with Crippen LogP contribution in [0.2, 0.25) is 0 Å². The average molecular weight is 411 g/mol. The number of hydrogen-bond acceptors (Lipinski definition) is 6. The zero-order chi connectivity index (χ0) is 20.3. The van der Waals surface area contributed by atoms with Crippen LogP contribution < -0.4 is 5.48 Å². The SMILES string of the molecule is O=C(NO)C1CN(C(=O)C2CCCCC2)CCN1S(=O)(=O)c1ccc(O)cc1. The number of phenols is 1. The molecule has 0 radical (unpaired) electrons. The average Bonchev–Trinajstić information content (AvgIpc) is 2.73. The number of nitrogens with zero attached hydrogens (tertiary/aromatic N) is 2. The Hall–Kier alpha value is -2.17. The third-order valence-corrected chi connectivity index (χ3v) is 7.38. The predicted molar refractivity (Wildman–Crippen MR) is 98.9 cm³/mol. The fourth-order valence-electron chi connectivity index (χ4n) is 3.90. The van der Waals surface area contributed by atoms with Gasteiger partial charge in [0.05, 0.1) is 4.90 Å². The van der Waals surface area contributed by atoms with Gasteiger partial charge >= 0.3 is 0 Å². The first kappa shape index (κ1) is 20.6. The van der Waals surface area contributed by atoms with Gasteiger partial charge in [-0.25, -0.2) is 13.9 Å². The van der Waals surface area contributed by atoms with Gasteiger partial charge in [-0.3, -0.25) is 14.8 Å². The topological polar surface area (TPSA) is 127 Å². The minimum absolute atomic E-state index is 0.0558. The molecule has 1 saturated heterocycles. The number of phenolic OH excluding ortho intramolecular Hbond substituents is 1. The lowest BCUT2D eigenvalue weighted by Crippen LogP contribution is -2.61. The summed E-state index contributed by atoms with van der Waals surface area (Å²) in [6, 6.07) is 3.76. The van der Waals surface area contributed by atoms with E-state index in [0.717, 1.165) is 36.4 Å². The smallest absolute Gasteiger partial charge is 0.263 e. The van der Waals surface area contributed by atoms with Gasteiger partial charge < -0.3 is 10.0 Å². The second kappa shape index (κ2) is 8.46. The van der Waals surface area contributed by atoms with Gasteiger partial charge in [-0.05, 0) is 37.1 Å². The Bertz CT molecular complexity index is 820. The number of hydroxylamine groups is 1. The number of carbonyl (C=O) groups is 2. The van der Waals surface area contributed by atoms with E-state index >= 15 is 0 Å². The molecule has 3 rings (SSSR count). The number of sulfonamides is 1. The summed E-state index contributed by atoms with van der Waals surface area (Å²) in [5.41, 5.74) is 1.51. The summed E-state index contributed by atoms with van der Waals surface area (Å²) < 4.78 is 27.0. The molecule has 154 valence electrons. The van der Waals surface area contributed by atoms with E-state index in [0.29, 0.717) is 0 Å². The minimum Gasteiger partial charge on any atom is -0.508 e. The summed E-state index contributed by atoms with van der Waals surface area (Å²) in [6.45, 7) is 0.0145. The van der Waals surface area contributed by atoms with Gasteiger partial charge in [0, 0.05) is 25.6 Å². The lowest BCUT2D eigenvalue weighted by Gasteiger charge is -2.40. The van der Waals surface area contributed by atoms with Crippen molar-refractivity contribution in [3.63, 3.8) is 0 Å². The first-order chi connectivity index (χ1) is 13.3. The largest absolute Gasteiger partial charge is 0.508 e. The third-order valence-electron chi connectivity index (χ3n) is 5.45. The Balaban J connectivity index is 1.82. The molecule has 2 aliphatic rings. The van der Waals surface area contributed by atoms with Crippen LogP contribution in [0.4, 0.5) is 0 Å². The maximum absolute atomic E-state index is 13.0. The van der Waals surface area contributed by atoms with Crippen molar-refractivity contribution in [3.8, 4) is 5.75 Å². The highest BCUT2D eigenvalue weighted by molar-refractivity contribution is 7.89. The van der Waals surface area contributed by atoms with Crippen LogP contribution in [0.25, 0.3) is 0 Å². The van der Waals surface area contributed by atoms with Gasteiger partial charge in [0.25, 0.3) is 5.91 Å². The van der Waals surface area contributed by atoms with E-state index in [1.165, 1.54) is 34.6 Å². The molecule has 1 aliphatic heterocycles. The number of amides is 2. The molecular formula is C18H25N3O6S. The summed E-state index contributed by atoms with van der Waals surface area (Å²) in [6.07, 6.45) is 4.71. The molecule has 2 amide bonds. The Morgan fingerprint density at radius 1 is 1.04 bits per heavy atom. The molecule has 28 heavy (non-hydrogen) atoms. The molecular weight excluding hydrogens is 386 g/mol. The highest BCUT2D eigenvalue weighted by Crippen LogP contribution is 2.28. The van der Waals surface area contributed by atoms with Crippen LogP contribution in [-0.2, 0) is 19.6 Å². The van der Waals surface area contributed by atoms with Crippen LogP contribution in [0.15, 0.2) is 29.2 Å². The van der Waals surface area contributed by atoms with E-state index in [4.69, 9.17) is 5.21 Å². The van der Waals surface area contributed by atoms with Crippen molar-refractivity contribution in [3.05, 3.63) is 24.3 Å². The third kappa shape index (κ3) is 4.13. The fraction of sp³-hybridized carbons (Fsp3) is 0.556. The molecule has 0 spiro atoms. The number of benzene rings is 1. The first-order valence-corrected chi connectivity index (χ1v) is 10.8. The van der Waals surface area contributed by atoms with Crippen LogP contribution in [-0.4, -0.2) is 65.4 Å². The molecule has 1 unspecified atom stereocenters. The second-order valence-corrected chi connectivity index (χ2v) is 9.11. The maximum atomic E-state index is 13.0. The van der Waals surface area contributed by atoms with Crippen LogP contribution in [0, 0.1) is 5.92 Å². The number of nitrogens with one attached hydrogen (secondary N) is 1. The van der Waals surface area contributed by atoms with E-state index in [1.54, 1.807) is 0 Å². The van der Waals surface area contributed by atoms with Crippen molar-refractivity contribution in [2.24, 2.45) is 5.92 Å². The van der Waals surface area contributed by atoms with Gasteiger partial charge in [-0.1, -0.05) is 19.3 Å². The van der Waals surface area contributed by atoms with Crippen molar-refractivity contribution in [2.75, 3.05) is 19.6 Å². The molecule has 1 atom stereocenters. The molecule has 2 fully saturated rings. The normalized spacial score (nSPS) is 22.0. The highest BCUT2D eigenvalue weighted by Gasteiger charge is 2.42. The summed E-state index contributed by atoms with van der Waals surface area (Å²) in [5, 5.41) is 18.5. The number of rotatable bonds is 4. The van der Waals surface area contributed by atoms with E-state index in [-0.39, 0.29) is 42.1 Å². The number of hydrogen-bond donors (Lipinski definition) is 3. The van der Waals surface area contributed by atoms with Crippen LogP contribution in [0.3, 0.4) is 0 Å². The van der Waals surface area contributed by atoms with Crippen LogP contribution in [0.5, 0.6) is 5.75 Å². The molecule has 0 bridgehead atoms. The van der Waals surface area contributed by atoms with Crippen molar-refractivity contribution in [2.45, 2.75) is 43.0 Å². The lowest BCUT2D eigenvalue weighted by molar-refractivity contribution is -0.142. The molecule has 1 heterocycles. The van der Waals surface area contributed by atoms with E-state index in [1.807, 2.05) is 0 Å². The number of carbonyl (C=O) groups excluding carboxylic acids is 2. The van der Waals surface area contributed by atoms with E-state index in [2.05, 4.69) is 0 Å². The summed E-state index contributed by atoms with van der Waals surface area (Å²) in [7, 11) is -4.04. The molecule has 9 nitrogen and oxygen atoms in total. The molecule has 1 saturated carbocycles. The molecule has 0 aromatic heterocycles. The molecule has 10 heteroatoms. The zero-order valence-corrected chi connectivity index (χ0v) is 16.3. The summed E-state index contributed by atoms with van der Waals surface area (Å²) in [5.74, 6) is -1.11. The maximum Gasteiger partial charge on any atom is 0.263 e. The minimum atomic E-state index is -4.04. The lowest BCUT2D eigenvalue weighted by atomic mass is 9.88. The highest BCUT2D eigenvalue weighted by atomic mass is 32.2. The first-order valence-electron chi connectivity index (χ1n) is 9.38. The number of piperazine rings is 1. The predicted octanol–water partition coefficient (Wildman–Crippen LogP) is 0.679. The summed E-state index contributed by atoms with van der Waals surface area (Å²) in [4.78, 5) is 26.5. The zero-order valence-electron chi connectivity index (χ0n) is 15.5. The molecule has 1 aromatic carbocycles. The Labute approximate surface area is 163 Å². The Morgan fingerprint density at radius 3 is 2.29 bits per heavy atom. The quantitative estimate of drug-likeness (QED) is 0.494. The van der Waals surface area contributed by atoms with Gasteiger partial charge in [-0.15, -0.1) is 0 Å². The number of aromatic hydroxyl groups is 1. The standard InChI is InChI=1S/C18H25N3O6S/c22-14-6-8-15(9-7-14)28(26,27)21-11-10-20(12-16(21)17(23)19-25)18(24)13-4-2-1-3-5-13/h6-9,13,16,22,25H,1-5,10-12H2,(H,19,23). The van der Waals surface area contributed by atoms with Gasteiger partial charge in [0.1, 0.15) is 11.8 Å². The van der Waals surface area contributed by atoms with Crippen molar-refractivity contribution < 1.29 is 28.3 Å². The monoisotopic (exact) mass is 411 g/mol. The molecule has 1 aromatic rings. The second-order valence-electron chi connectivity index (χ2n) is 7.22. The van der Waals surface area contributed by atoms with Crippen LogP contribution in [0.1, 0.15) is 32.1 Å².